The van der Waals surface area contributed by atoms with E-state index in [1.807, 2.05) is 14.1 Å². The Bertz CT molecular complexity index is 509. The first-order chi connectivity index (χ1) is 8.52. The van der Waals surface area contributed by atoms with Gasteiger partial charge in [-0.1, -0.05) is 11.8 Å². The van der Waals surface area contributed by atoms with Gasteiger partial charge in [0.05, 0.1) is 10.7 Å². The van der Waals surface area contributed by atoms with Gasteiger partial charge in [0.25, 0.3) is 0 Å². The van der Waals surface area contributed by atoms with Crippen molar-refractivity contribution in [1.82, 2.24) is 0 Å². The maximum absolute atomic E-state index is 11.3. The number of carbonyl (C=O) groups excluding carboxylic acids is 1. The number of carbonyl (C=O) groups is 1. The van der Waals surface area contributed by atoms with Crippen molar-refractivity contribution in [2.24, 2.45) is 0 Å². The van der Waals surface area contributed by atoms with Gasteiger partial charge in [-0.2, -0.15) is 0 Å². The van der Waals surface area contributed by atoms with Crippen LogP contribution in [0.2, 0.25) is 0 Å². The molecule has 0 atom stereocenters. The summed E-state index contributed by atoms with van der Waals surface area (Å²) in [5, 5.41) is 1.02. The van der Waals surface area contributed by atoms with Crippen LogP contribution in [0.15, 0.2) is 34.2 Å². The van der Waals surface area contributed by atoms with E-state index in [0.29, 0.717) is 0 Å². The van der Waals surface area contributed by atoms with E-state index >= 15 is 0 Å². The van der Waals surface area contributed by atoms with Crippen LogP contribution in [0.1, 0.15) is 13.8 Å². The lowest BCUT2D eigenvalue weighted by Gasteiger charge is -2.20. The number of nitrogens with zero attached hydrogens (tertiary/aromatic N) is 2. The third-order valence-electron chi connectivity index (χ3n) is 2.87. The fourth-order valence-electron chi connectivity index (χ4n) is 1.98. The van der Waals surface area contributed by atoms with Crippen molar-refractivity contribution in [2.75, 3.05) is 30.4 Å². The number of thioether (sulfide) groups is 1. The molecule has 3 nitrogen and oxygen atoms in total. The molecule has 1 aromatic carbocycles. The highest BCUT2D eigenvalue weighted by molar-refractivity contribution is 8.03. The van der Waals surface area contributed by atoms with Crippen LogP contribution in [0.25, 0.3) is 0 Å². The Morgan fingerprint density at radius 2 is 2.17 bits per heavy atom. The van der Waals surface area contributed by atoms with Crippen LogP contribution in [0.5, 0.6) is 0 Å². The number of rotatable bonds is 3. The lowest BCUT2D eigenvalue weighted by molar-refractivity contribution is -0.112. The highest BCUT2D eigenvalue weighted by Crippen LogP contribution is 2.46. The molecule has 0 aromatic heterocycles. The van der Waals surface area contributed by atoms with Gasteiger partial charge in [0, 0.05) is 37.3 Å². The van der Waals surface area contributed by atoms with Crippen LogP contribution in [0, 0.1) is 0 Å². The summed E-state index contributed by atoms with van der Waals surface area (Å²) in [5.41, 5.74) is 2.37. The van der Waals surface area contributed by atoms with Gasteiger partial charge in [0.2, 0.25) is 0 Å². The molecule has 0 saturated heterocycles. The number of hydrogen-bond donors (Lipinski definition) is 0. The summed E-state index contributed by atoms with van der Waals surface area (Å²) in [5.74, 6) is 0.0941. The summed E-state index contributed by atoms with van der Waals surface area (Å²) in [6, 6.07) is 6.40. The third kappa shape index (κ3) is 2.38. The van der Waals surface area contributed by atoms with E-state index in [1.54, 1.807) is 24.8 Å². The zero-order valence-corrected chi connectivity index (χ0v) is 12.0. The van der Waals surface area contributed by atoms with Crippen molar-refractivity contribution in [3.63, 3.8) is 0 Å². The molecule has 4 heteroatoms. The summed E-state index contributed by atoms with van der Waals surface area (Å²) in [6.07, 6.45) is 1.71. The molecule has 0 bridgehead atoms. The van der Waals surface area contributed by atoms with Gasteiger partial charge in [-0.05, 0) is 32.0 Å². The van der Waals surface area contributed by atoms with Gasteiger partial charge in [0.1, 0.15) is 0 Å². The Morgan fingerprint density at radius 1 is 1.44 bits per heavy atom. The van der Waals surface area contributed by atoms with Crippen LogP contribution in [-0.4, -0.2) is 26.4 Å². The minimum atomic E-state index is 0.0941. The van der Waals surface area contributed by atoms with E-state index in [9.17, 15) is 4.79 Å². The molecule has 96 valence electrons. The van der Waals surface area contributed by atoms with Crippen molar-refractivity contribution in [1.29, 1.82) is 0 Å². The standard InChI is InChI=1S/C14H18N2OS/c1-5-16-12-9-11(15(3)4)6-7-13(12)18-14(16)8-10(2)17/h6-9H,5H2,1-4H3/b14-8-. The minimum Gasteiger partial charge on any atom is -0.378 e. The molecule has 0 unspecified atom stereocenters. The molecule has 0 fully saturated rings. The normalized spacial score (nSPS) is 16.0. The van der Waals surface area contributed by atoms with Gasteiger partial charge in [0.15, 0.2) is 5.78 Å². The number of hydrogen-bond acceptors (Lipinski definition) is 4. The van der Waals surface area contributed by atoms with Gasteiger partial charge < -0.3 is 9.80 Å². The fourth-order valence-corrected chi connectivity index (χ4v) is 3.17. The highest BCUT2D eigenvalue weighted by atomic mass is 32.2. The molecule has 0 aliphatic carbocycles. The third-order valence-corrected chi connectivity index (χ3v) is 3.99. The van der Waals surface area contributed by atoms with E-state index in [-0.39, 0.29) is 5.78 Å². The smallest absolute Gasteiger partial charge is 0.155 e. The van der Waals surface area contributed by atoms with E-state index in [0.717, 1.165) is 11.6 Å². The van der Waals surface area contributed by atoms with E-state index in [4.69, 9.17) is 0 Å². The first kappa shape index (κ1) is 13.0. The number of anilines is 2. The summed E-state index contributed by atoms with van der Waals surface area (Å²) in [7, 11) is 4.07. The molecular formula is C14H18N2OS. The first-order valence-corrected chi connectivity index (χ1v) is 6.83. The number of allylic oxidation sites excluding steroid dienone is 1. The molecule has 1 aliphatic heterocycles. The lowest BCUT2D eigenvalue weighted by atomic mass is 10.2. The Labute approximate surface area is 112 Å². The monoisotopic (exact) mass is 262 g/mol. The molecule has 0 N–H and O–H groups in total. The molecular weight excluding hydrogens is 244 g/mol. The zero-order chi connectivity index (χ0) is 13.3. The Hall–Kier alpha value is -1.42. The Balaban J connectivity index is 2.43. The van der Waals surface area contributed by atoms with Crippen molar-refractivity contribution in [3.05, 3.63) is 29.3 Å². The van der Waals surface area contributed by atoms with Crippen LogP contribution in [0.3, 0.4) is 0 Å². The number of fused-ring (bicyclic) bond motifs is 1. The van der Waals surface area contributed by atoms with Crippen molar-refractivity contribution in [2.45, 2.75) is 18.7 Å². The SMILES string of the molecule is CCN1/C(=C/C(C)=O)Sc2ccc(N(C)C)cc21. The predicted molar refractivity (Wildman–Crippen MR) is 78.4 cm³/mol. The zero-order valence-electron chi connectivity index (χ0n) is 11.2. The molecule has 0 saturated carbocycles. The van der Waals surface area contributed by atoms with Crippen LogP contribution in [0.4, 0.5) is 11.4 Å². The molecule has 0 spiro atoms. The summed E-state index contributed by atoms with van der Waals surface area (Å²) in [4.78, 5) is 16.8. The Morgan fingerprint density at radius 3 is 2.72 bits per heavy atom. The second-order valence-electron chi connectivity index (χ2n) is 4.49. The summed E-state index contributed by atoms with van der Waals surface area (Å²) >= 11 is 1.67. The topological polar surface area (TPSA) is 23.6 Å². The van der Waals surface area contributed by atoms with Crippen molar-refractivity contribution in [3.8, 4) is 0 Å². The number of benzene rings is 1. The molecule has 0 radical (unpaired) electrons. The van der Waals surface area contributed by atoms with Gasteiger partial charge in [-0.15, -0.1) is 0 Å². The van der Waals surface area contributed by atoms with Crippen molar-refractivity contribution >= 4 is 28.9 Å². The predicted octanol–water partition coefficient (Wildman–Crippen LogP) is 3.12. The molecule has 1 aliphatic rings. The largest absolute Gasteiger partial charge is 0.378 e. The molecule has 2 rings (SSSR count). The molecule has 1 aromatic rings. The van der Waals surface area contributed by atoms with E-state index < -0.39 is 0 Å². The summed E-state index contributed by atoms with van der Waals surface area (Å²) in [6.45, 7) is 4.57. The molecule has 18 heavy (non-hydrogen) atoms. The Kier molecular flexibility index (Phi) is 3.66. The van der Waals surface area contributed by atoms with Crippen molar-refractivity contribution < 1.29 is 4.79 Å². The second kappa shape index (κ2) is 5.06. The van der Waals surface area contributed by atoms with E-state index in [2.05, 4.69) is 34.9 Å². The fraction of sp³-hybridized carbons (Fsp3) is 0.357. The van der Waals surface area contributed by atoms with Gasteiger partial charge in [-0.25, -0.2) is 0 Å². The maximum atomic E-state index is 11.3. The van der Waals surface area contributed by atoms with Crippen LogP contribution in [-0.2, 0) is 4.79 Å². The molecule has 0 amide bonds. The average molecular weight is 262 g/mol. The lowest BCUT2D eigenvalue weighted by Crippen LogP contribution is -2.18. The van der Waals surface area contributed by atoms with Gasteiger partial charge >= 0.3 is 0 Å². The minimum absolute atomic E-state index is 0.0941. The number of ketones is 1. The first-order valence-electron chi connectivity index (χ1n) is 6.02. The van der Waals surface area contributed by atoms with E-state index in [1.165, 1.54) is 16.3 Å². The van der Waals surface area contributed by atoms with Gasteiger partial charge in [-0.3, -0.25) is 4.79 Å². The summed E-state index contributed by atoms with van der Waals surface area (Å²) < 4.78 is 0. The second-order valence-corrected chi connectivity index (χ2v) is 5.55. The average Bonchev–Trinajstić information content (AvgIpc) is 2.63. The van der Waals surface area contributed by atoms with Crippen LogP contribution < -0.4 is 9.80 Å². The highest BCUT2D eigenvalue weighted by Gasteiger charge is 2.24. The maximum Gasteiger partial charge on any atom is 0.155 e. The van der Waals surface area contributed by atoms with Crippen LogP contribution >= 0.6 is 11.8 Å². The quantitative estimate of drug-likeness (QED) is 0.781. The molecule has 1 heterocycles.